The number of sulfonamides is 1. The average Bonchev–Trinajstić information content (AvgIpc) is 2.72. The summed E-state index contributed by atoms with van der Waals surface area (Å²) in [6, 6.07) is 14.8. The van der Waals surface area contributed by atoms with E-state index in [-0.39, 0.29) is 22.9 Å². The average molecular weight is 382 g/mol. The molecule has 0 atom stereocenters. The van der Waals surface area contributed by atoms with Crippen molar-refractivity contribution in [3.05, 3.63) is 90.0 Å². The van der Waals surface area contributed by atoms with Crippen LogP contribution in [0.25, 0.3) is 0 Å². The van der Waals surface area contributed by atoms with Crippen LogP contribution in [-0.2, 0) is 23.1 Å². The van der Waals surface area contributed by atoms with E-state index in [1.54, 1.807) is 48.9 Å². The molecule has 1 aromatic carbocycles. The highest BCUT2D eigenvalue weighted by atomic mass is 32.2. The van der Waals surface area contributed by atoms with Gasteiger partial charge in [-0.1, -0.05) is 18.2 Å². The molecule has 0 saturated carbocycles. The molecule has 27 heavy (non-hydrogen) atoms. The maximum Gasteiger partial charge on any atom is 0.251 e. The largest absolute Gasteiger partial charge is 0.348 e. The van der Waals surface area contributed by atoms with Crippen molar-refractivity contribution in [1.82, 2.24) is 20.0 Å². The first-order chi connectivity index (χ1) is 13.0. The Bertz CT molecular complexity index is 1010. The van der Waals surface area contributed by atoms with Crippen LogP contribution in [0.2, 0.25) is 0 Å². The van der Waals surface area contributed by atoms with Gasteiger partial charge in [-0.15, -0.1) is 0 Å². The highest BCUT2D eigenvalue weighted by Crippen LogP contribution is 2.12. The number of hydrogen-bond donors (Lipinski definition) is 2. The molecular weight excluding hydrogens is 364 g/mol. The van der Waals surface area contributed by atoms with Crippen LogP contribution in [0.1, 0.15) is 21.6 Å². The van der Waals surface area contributed by atoms with Crippen LogP contribution in [0, 0.1) is 0 Å². The van der Waals surface area contributed by atoms with Crippen molar-refractivity contribution in [1.29, 1.82) is 0 Å². The molecule has 2 N–H and O–H groups in total. The topological polar surface area (TPSA) is 101 Å². The first-order valence-electron chi connectivity index (χ1n) is 8.21. The van der Waals surface area contributed by atoms with Crippen molar-refractivity contribution in [2.45, 2.75) is 18.0 Å². The van der Waals surface area contributed by atoms with Gasteiger partial charge in [0.25, 0.3) is 5.91 Å². The molecule has 2 aromatic heterocycles. The van der Waals surface area contributed by atoms with Gasteiger partial charge in [0.2, 0.25) is 10.0 Å². The number of carbonyl (C=O) groups excluding carboxylic acids is 1. The Labute approximate surface area is 157 Å². The summed E-state index contributed by atoms with van der Waals surface area (Å²) in [5.74, 6) is -0.361. The number of nitrogens with one attached hydrogen (secondary N) is 2. The maximum atomic E-state index is 12.5. The summed E-state index contributed by atoms with van der Waals surface area (Å²) in [4.78, 5) is 20.4. The minimum atomic E-state index is -3.76. The SMILES string of the molecule is O=C(NCc1cccnc1)c1cccc(S(=O)(=O)NCc2ccccn2)c1. The van der Waals surface area contributed by atoms with E-state index in [9.17, 15) is 13.2 Å². The Morgan fingerprint density at radius 3 is 2.59 bits per heavy atom. The van der Waals surface area contributed by atoms with Gasteiger partial charge >= 0.3 is 0 Å². The van der Waals surface area contributed by atoms with E-state index in [4.69, 9.17) is 0 Å². The fourth-order valence-corrected chi connectivity index (χ4v) is 3.39. The van der Waals surface area contributed by atoms with Crippen molar-refractivity contribution in [2.24, 2.45) is 0 Å². The lowest BCUT2D eigenvalue weighted by molar-refractivity contribution is 0.0950. The first kappa shape index (κ1) is 18.7. The lowest BCUT2D eigenvalue weighted by Gasteiger charge is -2.09. The highest BCUT2D eigenvalue weighted by Gasteiger charge is 2.16. The summed E-state index contributed by atoms with van der Waals surface area (Å²) in [5.41, 5.74) is 1.72. The molecule has 8 heteroatoms. The zero-order valence-electron chi connectivity index (χ0n) is 14.4. The lowest BCUT2D eigenvalue weighted by atomic mass is 10.2. The minimum Gasteiger partial charge on any atom is -0.348 e. The van der Waals surface area contributed by atoms with Crippen LogP contribution in [0.15, 0.2) is 78.1 Å². The third kappa shape index (κ3) is 5.19. The molecule has 0 aliphatic heterocycles. The van der Waals surface area contributed by atoms with Crippen LogP contribution in [0.4, 0.5) is 0 Å². The molecule has 0 unspecified atom stereocenters. The van der Waals surface area contributed by atoms with E-state index in [1.807, 2.05) is 6.07 Å². The predicted octanol–water partition coefficient (Wildman–Crippen LogP) is 1.89. The van der Waals surface area contributed by atoms with E-state index < -0.39 is 10.0 Å². The van der Waals surface area contributed by atoms with Crippen LogP contribution in [-0.4, -0.2) is 24.3 Å². The Hall–Kier alpha value is -3.10. The molecule has 2 heterocycles. The normalized spacial score (nSPS) is 11.1. The van der Waals surface area contributed by atoms with Gasteiger partial charge in [0, 0.05) is 30.7 Å². The third-order valence-corrected chi connectivity index (χ3v) is 5.15. The Morgan fingerprint density at radius 1 is 0.963 bits per heavy atom. The molecule has 3 aromatic rings. The number of nitrogens with zero attached hydrogens (tertiary/aromatic N) is 2. The Morgan fingerprint density at radius 2 is 1.85 bits per heavy atom. The zero-order chi connectivity index (χ0) is 19.1. The fourth-order valence-electron chi connectivity index (χ4n) is 2.35. The number of carbonyl (C=O) groups is 1. The summed E-state index contributed by atoms with van der Waals surface area (Å²) in [6.45, 7) is 0.377. The van der Waals surface area contributed by atoms with Gasteiger partial charge < -0.3 is 5.32 Å². The maximum absolute atomic E-state index is 12.5. The molecule has 138 valence electrons. The molecule has 0 spiro atoms. The molecule has 0 bridgehead atoms. The van der Waals surface area contributed by atoms with Gasteiger partial charge in [-0.25, -0.2) is 13.1 Å². The van der Waals surface area contributed by atoms with E-state index in [2.05, 4.69) is 20.0 Å². The van der Waals surface area contributed by atoms with E-state index in [0.717, 1.165) is 5.56 Å². The predicted molar refractivity (Wildman–Crippen MR) is 100 cm³/mol. The summed E-state index contributed by atoms with van der Waals surface area (Å²) < 4.78 is 27.4. The second kappa shape index (κ2) is 8.52. The molecule has 0 fully saturated rings. The van der Waals surface area contributed by atoms with Gasteiger partial charge in [0.05, 0.1) is 17.1 Å². The number of hydrogen-bond acceptors (Lipinski definition) is 5. The van der Waals surface area contributed by atoms with Gasteiger partial charge in [0.1, 0.15) is 0 Å². The minimum absolute atomic E-state index is 0.0208. The van der Waals surface area contributed by atoms with Gasteiger partial charge in [-0.3, -0.25) is 14.8 Å². The van der Waals surface area contributed by atoms with Gasteiger partial charge in [0.15, 0.2) is 0 Å². The Balaban J connectivity index is 1.67. The number of aromatic nitrogens is 2. The van der Waals surface area contributed by atoms with E-state index in [1.165, 1.54) is 18.2 Å². The standard InChI is InChI=1S/C19H18N4O3S/c24-19(22-13-15-5-4-9-20-12-15)16-6-3-8-18(11-16)27(25,26)23-14-17-7-1-2-10-21-17/h1-12,23H,13-14H2,(H,22,24). The third-order valence-electron chi connectivity index (χ3n) is 3.75. The second-order valence-electron chi connectivity index (χ2n) is 5.72. The molecule has 0 aliphatic carbocycles. The molecule has 1 amide bonds. The Kier molecular flexibility index (Phi) is 5.90. The quantitative estimate of drug-likeness (QED) is 0.650. The molecular formula is C19H18N4O3S. The van der Waals surface area contributed by atoms with Crippen molar-refractivity contribution >= 4 is 15.9 Å². The molecule has 0 saturated heterocycles. The monoisotopic (exact) mass is 382 g/mol. The summed E-state index contributed by atoms with van der Waals surface area (Å²) in [6.07, 6.45) is 4.90. The molecule has 7 nitrogen and oxygen atoms in total. The van der Waals surface area contributed by atoms with Gasteiger partial charge in [-0.2, -0.15) is 0 Å². The number of benzene rings is 1. The second-order valence-corrected chi connectivity index (χ2v) is 7.48. The van der Waals surface area contributed by atoms with Crippen LogP contribution < -0.4 is 10.0 Å². The summed E-state index contributed by atoms with van der Waals surface area (Å²) in [5, 5.41) is 2.75. The van der Waals surface area contributed by atoms with Crippen LogP contribution >= 0.6 is 0 Å². The van der Waals surface area contributed by atoms with Crippen LogP contribution in [0.5, 0.6) is 0 Å². The van der Waals surface area contributed by atoms with Crippen LogP contribution in [0.3, 0.4) is 0 Å². The number of pyridine rings is 2. The zero-order valence-corrected chi connectivity index (χ0v) is 15.2. The number of rotatable bonds is 7. The fraction of sp³-hybridized carbons (Fsp3) is 0.105. The summed E-state index contributed by atoms with van der Waals surface area (Å²) in [7, 11) is -3.76. The van der Waals surface area contributed by atoms with Gasteiger partial charge in [-0.05, 0) is 42.0 Å². The smallest absolute Gasteiger partial charge is 0.251 e. The highest BCUT2D eigenvalue weighted by molar-refractivity contribution is 7.89. The molecule has 3 rings (SSSR count). The molecule has 0 radical (unpaired) electrons. The summed E-state index contributed by atoms with van der Waals surface area (Å²) >= 11 is 0. The van der Waals surface area contributed by atoms with E-state index in [0.29, 0.717) is 12.2 Å². The number of amides is 1. The lowest BCUT2D eigenvalue weighted by Crippen LogP contribution is -2.25. The van der Waals surface area contributed by atoms with Crippen molar-refractivity contribution in [3.63, 3.8) is 0 Å². The van der Waals surface area contributed by atoms with Crippen molar-refractivity contribution in [3.8, 4) is 0 Å². The molecule has 0 aliphatic rings. The van der Waals surface area contributed by atoms with Crippen molar-refractivity contribution < 1.29 is 13.2 Å². The van der Waals surface area contributed by atoms with Crippen molar-refractivity contribution in [2.75, 3.05) is 0 Å². The first-order valence-corrected chi connectivity index (χ1v) is 9.70. The van der Waals surface area contributed by atoms with E-state index >= 15 is 0 Å².